The molecule has 0 fully saturated rings. The van der Waals surface area contributed by atoms with Gasteiger partial charge in [0.2, 0.25) is 0 Å². The molecule has 0 saturated heterocycles. The number of anilines is 1. The monoisotopic (exact) mass is 213 g/mol. The highest BCUT2D eigenvalue weighted by Crippen LogP contribution is 2.19. The first-order valence-electron chi connectivity index (χ1n) is 5.21. The summed E-state index contributed by atoms with van der Waals surface area (Å²) in [7, 11) is 0. The van der Waals surface area contributed by atoms with Crippen LogP contribution in [0, 0.1) is 0 Å². The summed E-state index contributed by atoms with van der Waals surface area (Å²) < 4.78 is 0. The van der Waals surface area contributed by atoms with Crippen LogP contribution in [0.25, 0.3) is 0 Å². The van der Waals surface area contributed by atoms with Gasteiger partial charge in [0.25, 0.3) is 0 Å². The average Bonchev–Trinajstić information content (AvgIpc) is 2.63. The number of nitrogens with zero attached hydrogens (tertiary/aromatic N) is 2. The van der Waals surface area contributed by atoms with Crippen LogP contribution in [0.15, 0.2) is 6.20 Å². The van der Waals surface area contributed by atoms with E-state index in [0.29, 0.717) is 0 Å². The molecule has 0 spiro atoms. The van der Waals surface area contributed by atoms with E-state index in [1.165, 1.54) is 4.88 Å². The van der Waals surface area contributed by atoms with Gasteiger partial charge in [0, 0.05) is 24.2 Å². The SMILES string of the molecule is CCNc1ncc(CN(CC)CC)s1. The fraction of sp³-hybridized carbons (Fsp3) is 0.700. The zero-order valence-electron chi connectivity index (χ0n) is 9.21. The van der Waals surface area contributed by atoms with E-state index in [4.69, 9.17) is 0 Å². The Labute approximate surface area is 90.2 Å². The summed E-state index contributed by atoms with van der Waals surface area (Å²) in [5, 5.41) is 4.26. The highest BCUT2D eigenvalue weighted by molar-refractivity contribution is 7.15. The third kappa shape index (κ3) is 3.27. The lowest BCUT2D eigenvalue weighted by atomic mass is 10.4. The van der Waals surface area contributed by atoms with Crippen molar-refractivity contribution >= 4 is 16.5 Å². The molecule has 80 valence electrons. The van der Waals surface area contributed by atoms with Crippen molar-refractivity contribution in [2.45, 2.75) is 27.3 Å². The zero-order valence-corrected chi connectivity index (χ0v) is 10.0. The maximum absolute atomic E-state index is 4.31. The summed E-state index contributed by atoms with van der Waals surface area (Å²) in [6.07, 6.45) is 1.97. The van der Waals surface area contributed by atoms with Crippen molar-refractivity contribution in [2.75, 3.05) is 25.0 Å². The van der Waals surface area contributed by atoms with Gasteiger partial charge >= 0.3 is 0 Å². The Hall–Kier alpha value is -0.610. The highest BCUT2D eigenvalue weighted by atomic mass is 32.1. The fourth-order valence-electron chi connectivity index (χ4n) is 1.28. The van der Waals surface area contributed by atoms with E-state index < -0.39 is 0 Å². The van der Waals surface area contributed by atoms with Crippen LogP contribution >= 0.6 is 11.3 Å². The van der Waals surface area contributed by atoms with Crippen LogP contribution in [0.1, 0.15) is 25.6 Å². The normalized spacial score (nSPS) is 10.9. The van der Waals surface area contributed by atoms with E-state index in [1.54, 1.807) is 11.3 Å². The molecule has 0 saturated carbocycles. The molecule has 0 atom stereocenters. The van der Waals surface area contributed by atoms with Gasteiger partial charge in [-0.1, -0.05) is 13.8 Å². The molecule has 0 aromatic carbocycles. The molecule has 3 nitrogen and oxygen atoms in total. The average molecular weight is 213 g/mol. The Morgan fingerprint density at radius 3 is 2.64 bits per heavy atom. The summed E-state index contributed by atoms with van der Waals surface area (Å²) in [6, 6.07) is 0. The van der Waals surface area contributed by atoms with Crippen LogP contribution in [0.3, 0.4) is 0 Å². The van der Waals surface area contributed by atoms with Gasteiger partial charge in [-0.2, -0.15) is 0 Å². The van der Waals surface area contributed by atoms with E-state index in [1.807, 2.05) is 6.20 Å². The highest BCUT2D eigenvalue weighted by Gasteiger charge is 2.04. The maximum Gasteiger partial charge on any atom is 0.182 e. The van der Waals surface area contributed by atoms with E-state index in [9.17, 15) is 0 Å². The third-order valence-electron chi connectivity index (χ3n) is 2.16. The summed E-state index contributed by atoms with van der Waals surface area (Å²) in [4.78, 5) is 8.04. The maximum atomic E-state index is 4.31. The van der Waals surface area contributed by atoms with Gasteiger partial charge in [0.1, 0.15) is 0 Å². The number of thiazole rings is 1. The minimum Gasteiger partial charge on any atom is -0.362 e. The number of nitrogens with one attached hydrogen (secondary N) is 1. The van der Waals surface area contributed by atoms with Gasteiger partial charge in [-0.15, -0.1) is 11.3 Å². The Bertz CT molecular complexity index is 256. The molecule has 0 aliphatic rings. The van der Waals surface area contributed by atoms with Crippen LogP contribution in [0.4, 0.5) is 5.13 Å². The number of aromatic nitrogens is 1. The van der Waals surface area contributed by atoms with Crippen LogP contribution in [-0.2, 0) is 6.54 Å². The van der Waals surface area contributed by atoms with Crippen LogP contribution in [-0.4, -0.2) is 29.5 Å². The Kier molecular flexibility index (Phi) is 4.90. The summed E-state index contributed by atoms with van der Waals surface area (Å²) in [6.45, 7) is 10.6. The molecule has 1 aromatic heterocycles. The number of rotatable bonds is 6. The molecule has 14 heavy (non-hydrogen) atoms. The molecule has 1 aromatic rings. The van der Waals surface area contributed by atoms with Crippen LogP contribution in [0.2, 0.25) is 0 Å². The minimum atomic E-state index is 0.943. The second-order valence-electron chi connectivity index (χ2n) is 3.12. The predicted octanol–water partition coefficient (Wildman–Crippen LogP) is 2.42. The van der Waals surface area contributed by atoms with Crippen molar-refractivity contribution in [3.05, 3.63) is 11.1 Å². The first-order chi connectivity index (χ1) is 6.80. The minimum absolute atomic E-state index is 0.943. The largest absolute Gasteiger partial charge is 0.362 e. The van der Waals surface area contributed by atoms with E-state index in [-0.39, 0.29) is 0 Å². The van der Waals surface area contributed by atoms with Crippen molar-refractivity contribution < 1.29 is 0 Å². The van der Waals surface area contributed by atoms with Gasteiger partial charge in [-0.3, -0.25) is 4.90 Å². The smallest absolute Gasteiger partial charge is 0.182 e. The molecule has 4 heteroatoms. The number of hydrogen-bond donors (Lipinski definition) is 1. The van der Waals surface area contributed by atoms with Gasteiger partial charge in [0.15, 0.2) is 5.13 Å². The van der Waals surface area contributed by atoms with Gasteiger partial charge in [0.05, 0.1) is 0 Å². The molecule has 1 rings (SSSR count). The fourth-order valence-corrected chi connectivity index (χ4v) is 2.20. The summed E-state index contributed by atoms with van der Waals surface area (Å²) >= 11 is 1.75. The standard InChI is InChI=1S/C10H19N3S/c1-4-11-10-12-7-9(14-10)8-13(5-2)6-3/h7H,4-6,8H2,1-3H3,(H,11,12). The van der Waals surface area contributed by atoms with Crippen LogP contribution < -0.4 is 5.32 Å². The molecule has 0 amide bonds. The van der Waals surface area contributed by atoms with Crippen molar-refractivity contribution in [3.8, 4) is 0 Å². The molecule has 1 heterocycles. The Morgan fingerprint density at radius 2 is 2.07 bits per heavy atom. The molecule has 0 aliphatic heterocycles. The zero-order chi connectivity index (χ0) is 10.4. The van der Waals surface area contributed by atoms with E-state index >= 15 is 0 Å². The second kappa shape index (κ2) is 5.98. The quantitative estimate of drug-likeness (QED) is 0.786. The molecule has 0 radical (unpaired) electrons. The predicted molar refractivity (Wildman–Crippen MR) is 62.9 cm³/mol. The first-order valence-corrected chi connectivity index (χ1v) is 6.02. The van der Waals surface area contributed by atoms with Crippen molar-refractivity contribution in [2.24, 2.45) is 0 Å². The molecule has 1 N–H and O–H groups in total. The van der Waals surface area contributed by atoms with Gasteiger partial charge in [-0.05, 0) is 20.0 Å². The van der Waals surface area contributed by atoms with Crippen LogP contribution in [0.5, 0.6) is 0 Å². The van der Waals surface area contributed by atoms with Crippen molar-refractivity contribution in [3.63, 3.8) is 0 Å². The lowest BCUT2D eigenvalue weighted by molar-refractivity contribution is 0.298. The first kappa shape index (κ1) is 11.5. The summed E-state index contributed by atoms with van der Waals surface area (Å²) in [5.41, 5.74) is 0. The molecular formula is C10H19N3S. The second-order valence-corrected chi connectivity index (χ2v) is 4.24. The Morgan fingerprint density at radius 1 is 1.36 bits per heavy atom. The lowest BCUT2D eigenvalue weighted by Crippen LogP contribution is -2.21. The van der Waals surface area contributed by atoms with Crippen molar-refractivity contribution in [1.29, 1.82) is 0 Å². The van der Waals surface area contributed by atoms with E-state index in [0.717, 1.165) is 31.3 Å². The van der Waals surface area contributed by atoms with Crippen molar-refractivity contribution in [1.82, 2.24) is 9.88 Å². The van der Waals surface area contributed by atoms with Gasteiger partial charge in [-0.25, -0.2) is 4.98 Å². The number of hydrogen-bond acceptors (Lipinski definition) is 4. The lowest BCUT2D eigenvalue weighted by Gasteiger charge is -2.15. The molecular weight excluding hydrogens is 194 g/mol. The summed E-state index contributed by atoms with van der Waals surface area (Å²) in [5.74, 6) is 0. The van der Waals surface area contributed by atoms with E-state index in [2.05, 4.69) is 36.0 Å². The Balaban J connectivity index is 2.49. The third-order valence-corrected chi connectivity index (χ3v) is 3.10. The molecule has 0 aliphatic carbocycles. The molecule has 0 unspecified atom stereocenters. The topological polar surface area (TPSA) is 28.2 Å². The molecule has 0 bridgehead atoms. The van der Waals surface area contributed by atoms with Gasteiger partial charge < -0.3 is 5.32 Å².